The molecular weight excluding hydrogens is 230 g/mol. The maximum atomic E-state index is 12.1. The highest BCUT2D eigenvalue weighted by atomic mass is 16.4. The molecule has 4 nitrogen and oxygen atoms in total. The van der Waals surface area contributed by atoms with Crippen LogP contribution >= 0.6 is 0 Å². The summed E-state index contributed by atoms with van der Waals surface area (Å²) in [6.07, 6.45) is 5.29. The molecule has 0 aromatic carbocycles. The summed E-state index contributed by atoms with van der Waals surface area (Å²) >= 11 is 0. The highest BCUT2D eigenvalue weighted by molar-refractivity contribution is 5.77. The molecule has 1 rings (SSSR count). The predicted octanol–water partition coefficient (Wildman–Crippen LogP) is 2.67. The van der Waals surface area contributed by atoms with Crippen molar-refractivity contribution in [2.75, 3.05) is 6.54 Å². The van der Waals surface area contributed by atoms with Crippen molar-refractivity contribution in [2.24, 2.45) is 5.92 Å². The number of carbonyl (C=O) groups is 2. The van der Waals surface area contributed by atoms with E-state index in [1.54, 1.807) is 0 Å². The zero-order chi connectivity index (χ0) is 13.5. The molecule has 0 unspecified atom stereocenters. The van der Waals surface area contributed by atoms with E-state index in [2.05, 4.69) is 13.8 Å². The first-order valence-corrected chi connectivity index (χ1v) is 7.02. The summed E-state index contributed by atoms with van der Waals surface area (Å²) in [7, 11) is 0. The molecule has 18 heavy (non-hydrogen) atoms. The molecular formula is C14H25NO3. The van der Waals surface area contributed by atoms with Crippen LogP contribution in [0.4, 0.5) is 0 Å². The van der Waals surface area contributed by atoms with Crippen LogP contribution in [0.1, 0.15) is 58.8 Å². The van der Waals surface area contributed by atoms with Crippen molar-refractivity contribution in [3.63, 3.8) is 0 Å². The number of unbranched alkanes of at least 4 members (excludes halogenated alkanes) is 1. The largest absolute Gasteiger partial charge is 0.481 e. The third-order valence-corrected chi connectivity index (χ3v) is 3.29. The minimum Gasteiger partial charge on any atom is -0.481 e. The highest BCUT2D eigenvalue weighted by Gasteiger charge is 2.31. The highest BCUT2D eigenvalue weighted by Crippen LogP contribution is 2.28. The predicted molar refractivity (Wildman–Crippen MR) is 70.3 cm³/mol. The first kappa shape index (κ1) is 15.0. The van der Waals surface area contributed by atoms with Gasteiger partial charge in [-0.05, 0) is 38.0 Å². The van der Waals surface area contributed by atoms with Gasteiger partial charge in [0.25, 0.3) is 0 Å². The van der Waals surface area contributed by atoms with Crippen molar-refractivity contribution in [2.45, 2.75) is 64.8 Å². The van der Waals surface area contributed by atoms with Gasteiger partial charge in [0.05, 0.1) is 0 Å². The second-order valence-electron chi connectivity index (χ2n) is 5.60. The average Bonchev–Trinajstić information content (AvgIpc) is 3.08. The molecule has 1 fully saturated rings. The van der Waals surface area contributed by atoms with E-state index in [4.69, 9.17) is 5.11 Å². The van der Waals surface area contributed by atoms with Gasteiger partial charge in [0.1, 0.15) is 0 Å². The van der Waals surface area contributed by atoms with E-state index in [9.17, 15) is 9.59 Å². The number of rotatable bonds is 9. The van der Waals surface area contributed by atoms with Crippen molar-refractivity contribution < 1.29 is 14.7 Å². The van der Waals surface area contributed by atoms with Crippen LogP contribution in [0.2, 0.25) is 0 Å². The lowest BCUT2D eigenvalue weighted by Gasteiger charge is -2.23. The van der Waals surface area contributed by atoms with Crippen LogP contribution in [0, 0.1) is 5.92 Å². The van der Waals surface area contributed by atoms with Gasteiger partial charge in [0.15, 0.2) is 0 Å². The molecule has 1 saturated carbocycles. The number of carboxylic acids is 1. The van der Waals surface area contributed by atoms with Crippen molar-refractivity contribution in [3.8, 4) is 0 Å². The lowest BCUT2D eigenvalue weighted by molar-refractivity contribution is -0.137. The Morgan fingerprint density at radius 1 is 1.22 bits per heavy atom. The molecule has 104 valence electrons. The van der Waals surface area contributed by atoms with Crippen molar-refractivity contribution >= 4 is 11.9 Å². The minimum atomic E-state index is -0.777. The number of carbonyl (C=O) groups excluding carboxylic acids is 1. The molecule has 0 atom stereocenters. The molecule has 0 aromatic rings. The SMILES string of the molecule is CC(C)CCN(C(=O)CCCCC(=O)O)C1CC1. The molecule has 0 heterocycles. The smallest absolute Gasteiger partial charge is 0.303 e. The Morgan fingerprint density at radius 2 is 1.83 bits per heavy atom. The number of hydrogen-bond acceptors (Lipinski definition) is 2. The van der Waals surface area contributed by atoms with Crippen molar-refractivity contribution in [1.82, 2.24) is 4.90 Å². The zero-order valence-electron chi connectivity index (χ0n) is 11.5. The van der Waals surface area contributed by atoms with Crippen LogP contribution in [0.15, 0.2) is 0 Å². The lowest BCUT2D eigenvalue weighted by Crippen LogP contribution is -2.34. The fraction of sp³-hybridized carbons (Fsp3) is 0.857. The van der Waals surface area contributed by atoms with E-state index in [-0.39, 0.29) is 12.3 Å². The Labute approximate surface area is 109 Å². The van der Waals surface area contributed by atoms with E-state index >= 15 is 0 Å². The van der Waals surface area contributed by atoms with E-state index < -0.39 is 5.97 Å². The van der Waals surface area contributed by atoms with Crippen LogP contribution < -0.4 is 0 Å². The van der Waals surface area contributed by atoms with Crippen molar-refractivity contribution in [1.29, 1.82) is 0 Å². The molecule has 4 heteroatoms. The first-order valence-electron chi connectivity index (χ1n) is 7.02. The number of aliphatic carboxylic acids is 1. The molecule has 0 spiro atoms. The summed E-state index contributed by atoms with van der Waals surface area (Å²) in [5.74, 6) is 0.0518. The number of nitrogens with zero attached hydrogens (tertiary/aromatic N) is 1. The summed E-state index contributed by atoms with van der Waals surface area (Å²) in [5.41, 5.74) is 0. The van der Waals surface area contributed by atoms with Crippen LogP contribution in [0.3, 0.4) is 0 Å². The van der Waals surface area contributed by atoms with Gasteiger partial charge in [0.2, 0.25) is 5.91 Å². The Kier molecular flexibility index (Phi) is 6.16. The second-order valence-corrected chi connectivity index (χ2v) is 5.60. The Hall–Kier alpha value is -1.06. The number of hydrogen-bond donors (Lipinski definition) is 1. The Bertz CT molecular complexity index is 285. The average molecular weight is 255 g/mol. The molecule has 0 aromatic heterocycles. The van der Waals surface area contributed by atoms with E-state index in [0.29, 0.717) is 31.2 Å². The van der Waals surface area contributed by atoms with Gasteiger partial charge in [-0.3, -0.25) is 9.59 Å². The van der Waals surface area contributed by atoms with Crippen molar-refractivity contribution in [3.05, 3.63) is 0 Å². The monoisotopic (exact) mass is 255 g/mol. The topological polar surface area (TPSA) is 57.6 Å². The van der Waals surface area contributed by atoms with Crippen LogP contribution in [-0.4, -0.2) is 34.5 Å². The summed E-state index contributed by atoms with van der Waals surface area (Å²) < 4.78 is 0. The fourth-order valence-electron chi connectivity index (χ4n) is 1.99. The lowest BCUT2D eigenvalue weighted by atomic mass is 10.1. The van der Waals surface area contributed by atoms with Crippen LogP contribution in [-0.2, 0) is 9.59 Å². The van der Waals surface area contributed by atoms with E-state index in [1.165, 1.54) is 0 Å². The molecule has 1 N–H and O–H groups in total. The van der Waals surface area contributed by atoms with Gasteiger partial charge >= 0.3 is 5.97 Å². The van der Waals surface area contributed by atoms with Gasteiger partial charge < -0.3 is 10.0 Å². The van der Waals surface area contributed by atoms with Gasteiger partial charge in [-0.25, -0.2) is 0 Å². The molecule has 0 radical (unpaired) electrons. The molecule has 0 aliphatic heterocycles. The van der Waals surface area contributed by atoms with E-state index in [1.807, 2.05) is 4.90 Å². The Balaban J connectivity index is 2.24. The van der Waals surface area contributed by atoms with Gasteiger partial charge in [0, 0.05) is 25.4 Å². The third kappa shape index (κ3) is 6.03. The maximum Gasteiger partial charge on any atom is 0.303 e. The Morgan fingerprint density at radius 3 is 2.33 bits per heavy atom. The first-order chi connectivity index (χ1) is 8.50. The second kappa shape index (κ2) is 7.39. The third-order valence-electron chi connectivity index (χ3n) is 3.29. The normalized spacial score (nSPS) is 14.8. The quantitative estimate of drug-likeness (QED) is 0.644. The van der Waals surface area contributed by atoms with Crippen LogP contribution in [0.25, 0.3) is 0 Å². The fourth-order valence-corrected chi connectivity index (χ4v) is 1.99. The standard InChI is InChI=1S/C14H25NO3/c1-11(2)9-10-15(12-7-8-12)13(16)5-3-4-6-14(17)18/h11-12H,3-10H2,1-2H3,(H,17,18). The zero-order valence-corrected chi connectivity index (χ0v) is 11.5. The van der Waals surface area contributed by atoms with Crippen LogP contribution in [0.5, 0.6) is 0 Å². The molecule has 1 aliphatic rings. The molecule has 0 bridgehead atoms. The van der Waals surface area contributed by atoms with Gasteiger partial charge in [-0.15, -0.1) is 0 Å². The number of amides is 1. The minimum absolute atomic E-state index is 0.169. The maximum absolute atomic E-state index is 12.1. The summed E-state index contributed by atoms with van der Waals surface area (Å²) in [5, 5.41) is 8.54. The van der Waals surface area contributed by atoms with E-state index in [0.717, 1.165) is 25.8 Å². The van der Waals surface area contributed by atoms with Gasteiger partial charge in [-0.1, -0.05) is 13.8 Å². The van der Waals surface area contributed by atoms with Gasteiger partial charge in [-0.2, -0.15) is 0 Å². The molecule has 1 aliphatic carbocycles. The summed E-state index contributed by atoms with van der Waals surface area (Å²) in [6.45, 7) is 5.20. The summed E-state index contributed by atoms with van der Waals surface area (Å²) in [4.78, 5) is 24.5. The number of carboxylic acid groups (broad SMARTS) is 1. The summed E-state index contributed by atoms with van der Waals surface area (Å²) in [6, 6.07) is 0.468. The molecule has 0 saturated heterocycles. The molecule has 1 amide bonds.